The highest BCUT2D eigenvalue weighted by Gasteiger charge is 2.03. The summed E-state index contributed by atoms with van der Waals surface area (Å²) in [5.74, 6) is 0.637. The summed E-state index contributed by atoms with van der Waals surface area (Å²) in [6.07, 6.45) is 1.95. The zero-order chi connectivity index (χ0) is 11.3. The van der Waals surface area contributed by atoms with E-state index in [2.05, 4.69) is 0 Å². The largest absolute Gasteiger partial charge is 0.490 e. The minimum atomic E-state index is -0.431. The minimum absolute atomic E-state index is 0.0737. The summed E-state index contributed by atoms with van der Waals surface area (Å²) in [5.41, 5.74) is 1.25. The van der Waals surface area contributed by atoms with Gasteiger partial charge in [0.1, 0.15) is 12.4 Å². The van der Waals surface area contributed by atoms with Gasteiger partial charge in [-0.2, -0.15) is 0 Å². The van der Waals surface area contributed by atoms with Gasteiger partial charge < -0.3 is 4.74 Å². The van der Waals surface area contributed by atoms with Crippen LogP contribution in [0.1, 0.15) is 13.8 Å². The Balaban J connectivity index is 2.57. The van der Waals surface area contributed by atoms with Crippen molar-refractivity contribution in [1.82, 2.24) is 0 Å². The molecule has 0 N–H and O–H groups in total. The topological polar surface area (TPSA) is 52.4 Å². The number of nitrogens with zero attached hydrogens (tertiary/aromatic N) is 1. The monoisotopic (exact) mass is 207 g/mol. The van der Waals surface area contributed by atoms with Gasteiger partial charge in [-0.3, -0.25) is 10.1 Å². The SMILES string of the molecule is CC(C)=CCOc1ccc([N+](=O)[O-])cc1. The number of hydrogen-bond donors (Lipinski definition) is 0. The van der Waals surface area contributed by atoms with Gasteiger partial charge in [-0.1, -0.05) is 5.57 Å². The molecule has 80 valence electrons. The van der Waals surface area contributed by atoms with Crippen LogP contribution in [0.25, 0.3) is 0 Å². The van der Waals surface area contributed by atoms with Crippen LogP contribution in [0.5, 0.6) is 5.75 Å². The van der Waals surface area contributed by atoms with E-state index in [-0.39, 0.29) is 5.69 Å². The maximum Gasteiger partial charge on any atom is 0.269 e. The second kappa shape index (κ2) is 5.14. The number of ether oxygens (including phenoxy) is 1. The Hall–Kier alpha value is -1.84. The fourth-order valence-corrected chi connectivity index (χ4v) is 0.969. The predicted octanol–water partition coefficient (Wildman–Crippen LogP) is 2.94. The van der Waals surface area contributed by atoms with Crippen molar-refractivity contribution in [2.24, 2.45) is 0 Å². The summed E-state index contributed by atoms with van der Waals surface area (Å²) < 4.78 is 5.35. The van der Waals surface area contributed by atoms with Gasteiger partial charge in [-0.05, 0) is 32.1 Å². The first-order valence-electron chi connectivity index (χ1n) is 4.60. The molecular weight excluding hydrogens is 194 g/mol. The van der Waals surface area contributed by atoms with E-state index in [0.29, 0.717) is 12.4 Å². The third kappa shape index (κ3) is 3.81. The van der Waals surface area contributed by atoms with E-state index >= 15 is 0 Å². The summed E-state index contributed by atoms with van der Waals surface area (Å²) in [6.45, 7) is 4.46. The second-order valence-corrected chi connectivity index (χ2v) is 3.34. The average Bonchev–Trinajstić information content (AvgIpc) is 2.18. The number of nitro benzene ring substituents is 1. The molecule has 4 heteroatoms. The highest BCUT2D eigenvalue weighted by molar-refractivity contribution is 5.36. The molecule has 0 aliphatic carbocycles. The summed E-state index contributed by atoms with van der Waals surface area (Å²) in [6, 6.07) is 6.05. The van der Waals surface area contributed by atoms with Crippen LogP contribution in [0, 0.1) is 10.1 Å². The molecule has 0 aliphatic heterocycles. The molecule has 1 aromatic carbocycles. The number of benzene rings is 1. The van der Waals surface area contributed by atoms with Crippen LogP contribution in [0.2, 0.25) is 0 Å². The van der Waals surface area contributed by atoms with Gasteiger partial charge in [-0.25, -0.2) is 0 Å². The number of rotatable bonds is 4. The van der Waals surface area contributed by atoms with E-state index in [0.717, 1.165) is 0 Å². The molecule has 0 aliphatic rings. The van der Waals surface area contributed by atoms with E-state index in [4.69, 9.17) is 4.74 Å². The Morgan fingerprint density at radius 1 is 1.40 bits per heavy atom. The van der Waals surface area contributed by atoms with Crippen LogP contribution in [0.15, 0.2) is 35.9 Å². The maximum absolute atomic E-state index is 10.4. The van der Waals surface area contributed by atoms with Gasteiger partial charge >= 0.3 is 0 Å². The van der Waals surface area contributed by atoms with Crippen molar-refractivity contribution in [2.45, 2.75) is 13.8 Å². The summed E-state index contributed by atoms with van der Waals surface area (Å²) in [4.78, 5) is 9.94. The van der Waals surface area contributed by atoms with Crippen LogP contribution < -0.4 is 4.74 Å². The first kappa shape index (κ1) is 11.2. The third-order valence-electron chi connectivity index (χ3n) is 1.79. The lowest BCUT2D eigenvalue weighted by molar-refractivity contribution is -0.384. The van der Waals surface area contributed by atoms with Crippen LogP contribution in [0.4, 0.5) is 5.69 Å². The summed E-state index contributed by atoms with van der Waals surface area (Å²) in [7, 11) is 0. The first-order chi connectivity index (χ1) is 7.09. The molecule has 15 heavy (non-hydrogen) atoms. The molecule has 1 rings (SSSR count). The number of hydrogen-bond acceptors (Lipinski definition) is 3. The van der Waals surface area contributed by atoms with E-state index in [1.807, 2.05) is 19.9 Å². The van der Waals surface area contributed by atoms with Crippen molar-refractivity contribution in [2.75, 3.05) is 6.61 Å². The zero-order valence-electron chi connectivity index (χ0n) is 8.77. The van der Waals surface area contributed by atoms with Crippen molar-refractivity contribution in [1.29, 1.82) is 0 Å². The lowest BCUT2D eigenvalue weighted by atomic mass is 10.3. The van der Waals surface area contributed by atoms with E-state index in [1.54, 1.807) is 12.1 Å². The lowest BCUT2D eigenvalue weighted by Gasteiger charge is -2.02. The maximum atomic E-state index is 10.4. The third-order valence-corrected chi connectivity index (χ3v) is 1.79. The quantitative estimate of drug-likeness (QED) is 0.433. The highest BCUT2D eigenvalue weighted by Crippen LogP contribution is 2.17. The van der Waals surface area contributed by atoms with Gasteiger partial charge in [0.05, 0.1) is 4.92 Å². The normalized spacial score (nSPS) is 9.47. The number of non-ortho nitro benzene ring substituents is 1. The van der Waals surface area contributed by atoms with Crippen LogP contribution >= 0.6 is 0 Å². The standard InChI is InChI=1S/C11H13NO3/c1-9(2)7-8-15-11-5-3-10(4-6-11)12(13)14/h3-7H,8H2,1-2H3. The van der Waals surface area contributed by atoms with E-state index < -0.39 is 4.92 Å². The molecule has 0 atom stereocenters. The molecule has 0 aromatic heterocycles. The van der Waals surface area contributed by atoms with Gasteiger partial charge in [0.25, 0.3) is 5.69 Å². The molecule has 0 bridgehead atoms. The Kier molecular flexibility index (Phi) is 3.85. The lowest BCUT2D eigenvalue weighted by Crippen LogP contribution is -1.94. The van der Waals surface area contributed by atoms with Crippen molar-refractivity contribution in [3.8, 4) is 5.75 Å². The molecule has 0 amide bonds. The van der Waals surface area contributed by atoms with Gasteiger partial charge in [-0.15, -0.1) is 0 Å². The minimum Gasteiger partial charge on any atom is -0.490 e. The van der Waals surface area contributed by atoms with Crippen molar-refractivity contribution in [3.63, 3.8) is 0 Å². The zero-order valence-corrected chi connectivity index (χ0v) is 8.77. The highest BCUT2D eigenvalue weighted by atomic mass is 16.6. The van der Waals surface area contributed by atoms with Crippen molar-refractivity contribution in [3.05, 3.63) is 46.0 Å². The van der Waals surface area contributed by atoms with Crippen molar-refractivity contribution < 1.29 is 9.66 Å². The molecule has 0 unspecified atom stereocenters. The molecule has 0 spiro atoms. The number of nitro groups is 1. The van der Waals surface area contributed by atoms with E-state index in [9.17, 15) is 10.1 Å². The van der Waals surface area contributed by atoms with Gasteiger partial charge in [0, 0.05) is 12.1 Å². The second-order valence-electron chi connectivity index (χ2n) is 3.34. The first-order valence-corrected chi connectivity index (χ1v) is 4.60. The number of allylic oxidation sites excluding steroid dienone is 1. The average molecular weight is 207 g/mol. The summed E-state index contributed by atoms with van der Waals surface area (Å²) in [5, 5.41) is 10.4. The van der Waals surface area contributed by atoms with Gasteiger partial charge in [0.15, 0.2) is 0 Å². The fraction of sp³-hybridized carbons (Fsp3) is 0.273. The van der Waals surface area contributed by atoms with Crippen LogP contribution in [-0.2, 0) is 0 Å². The molecule has 0 radical (unpaired) electrons. The Bertz CT molecular complexity index is 364. The van der Waals surface area contributed by atoms with Crippen LogP contribution in [0.3, 0.4) is 0 Å². The summed E-state index contributed by atoms with van der Waals surface area (Å²) >= 11 is 0. The molecule has 0 saturated carbocycles. The fourth-order valence-electron chi connectivity index (χ4n) is 0.969. The molecule has 0 saturated heterocycles. The molecule has 0 heterocycles. The Labute approximate surface area is 88.3 Å². The van der Waals surface area contributed by atoms with Crippen molar-refractivity contribution >= 4 is 5.69 Å². The van der Waals surface area contributed by atoms with Gasteiger partial charge in [0.2, 0.25) is 0 Å². The van der Waals surface area contributed by atoms with E-state index in [1.165, 1.54) is 17.7 Å². The van der Waals surface area contributed by atoms with Crippen LogP contribution in [-0.4, -0.2) is 11.5 Å². The smallest absolute Gasteiger partial charge is 0.269 e. The molecule has 4 nitrogen and oxygen atoms in total. The Morgan fingerprint density at radius 2 is 2.00 bits per heavy atom. The predicted molar refractivity (Wildman–Crippen MR) is 58.0 cm³/mol. The molecular formula is C11H13NO3. The Morgan fingerprint density at radius 3 is 2.47 bits per heavy atom. The molecule has 0 fully saturated rings. The molecule has 1 aromatic rings.